The summed E-state index contributed by atoms with van der Waals surface area (Å²) in [4.78, 5) is 0.181. The highest BCUT2D eigenvalue weighted by molar-refractivity contribution is 7.90. The Balaban J connectivity index is 2.03. The van der Waals surface area contributed by atoms with Crippen molar-refractivity contribution in [3.8, 4) is 11.1 Å². The van der Waals surface area contributed by atoms with Gasteiger partial charge in [-0.05, 0) is 36.2 Å². The average molecular weight is 420 g/mol. The number of hydrogen-bond acceptors (Lipinski definition) is 4. The second-order valence-corrected chi connectivity index (χ2v) is 8.94. The third-order valence-electron chi connectivity index (χ3n) is 5.11. The van der Waals surface area contributed by atoms with Crippen LogP contribution in [0.2, 0.25) is 0 Å². The maximum absolute atomic E-state index is 13.4. The predicted octanol–water partition coefficient (Wildman–Crippen LogP) is 3.63. The summed E-state index contributed by atoms with van der Waals surface area (Å²) in [6, 6.07) is 19.0. The van der Waals surface area contributed by atoms with Crippen molar-refractivity contribution in [1.82, 2.24) is 3.97 Å². The summed E-state index contributed by atoms with van der Waals surface area (Å²) in [5.41, 5.74) is 9.86. The van der Waals surface area contributed by atoms with Gasteiger partial charge in [-0.2, -0.15) is 0 Å². The number of amidine groups is 1. The molecule has 0 saturated heterocycles. The highest BCUT2D eigenvalue weighted by Gasteiger charge is 2.23. The summed E-state index contributed by atoms with van der Waals surface area (Å²) < 4.78 is 28.1. The van der Waals surface area contributed by atoms with Crippen LogP contribution in [0.4, 0.5) is 0 Å². The second-order valence-electron chi connectivity index (χ2n) is 7.13. The zero-order chi connectivity index (χ0) is 21.5. The van der Waals surface area contributed by atoms with Crippen LogP contribution in [0.25, 0.3) is 22.0 Å². The first kappa shape index (κ1) is 19.9. The van der Waals surface area contributed by atoms with Crippen molar-refractivity contribution in [2.24, 2.45) is 5.73 Å². The molecule has 0 bridgehead atoms. The van der Waals surface area contributed by atoms with Gasteiger partial charge in [0, 0.05) is 22.7 Å². The molecule has 0 spiro atoms. The maximum atomic E-state index is 13.4. The summed E-state index contributed by atoms with van der Waals surface area (Å²) in [7, 11) is -3.86. The van der Waals surface area contributed by atoms with Crippen LogP contribution in [-0.4, -0.2) is 23.3 Å². The number of aliphatic hydroxyl groups is 1. The Morgan fingerprint density at radius 2 is 1.70 bits per heavy atom. The molecule has 7 heteroatoms. The number of benzene rings is 3. The molecule has 0 unspecified atom stereocenters. The Morgan fingerprint density at radius 1 is 1.03 bits per heavy atom. The largest absolute Gasteiger partial charge is 0.392 e. The summed E-state index contributed by atoms with van der Waals surface area (Å²) in [5, 5.41) is 17.9. The molecule has 0 saturated carbocycles. The van der Waals surface area contributed by atoms with Gasteiger partial charge in [-0.25, -0.2) is 12.4 Å². The molecule has 3 aromatic carbocycles. The van der Waals surface area contributed by atoms with E-state index in [1.165, 1.54) is 3.97 Å². The van der Waals surface area contributed by atoms with E-state index < -0.39 is 10.0 Å². The van der Waals surface area contributed by atoms with E-state index in [-0.39, 0.29) is 17.3 Å². The molecule has 0 fully saturated rings. The van der Waals surface area contributed by atoms with E-state index in [9.17, 15) is 13.5 Å². The number of nitrogens with one attached hydrogen (secondary N) is 1. The van der Waals surface area contributed by atoms with Gasteiger partial charge in [-0.1, -0.05) is 54.1 Å². The fourth-order valence-electron chi connectivity index (χ4n) is 3.51. The van der Waals surface area contributed by atoms with Crippen molar-refractivity contribution in [3.05, 3.63) is 89.6 Å². The summed E-state index contributed by atoms with van der Waals surface area (Å²) in [6.45, 7) is 1.82. The van der Waals surface area contributed by atoms with Gasteiger partial charge in [-0.3, -0.25) is 5.41 Å². The smallest absolute Gasteiger partial charge is 0.268 e. The number of hydrogen-bond donors (Lipinski definition) is 3. The minimum atomic E-state index is -3.86. The molecular weight excluding hydrogens is 398 g/mol. The fourth-order valence-corrected chi connectivity index (χ4v) is 4.88. The first-order chi connectivity index (χ1) is 14.3. The van der Waals surface area contributed by atoms with Gasteiger partial charge in [0.05, 0.1) is 17.0 Å². The zero-order valence-corrected chi connectivity index (χ0v) is 17.1. The third-order valence-corrected chi connectivity index (χ3v) is 6.80. The third kappa shape index (κ3) is 3.28. The first-order valence-electron chi connectivity index (χ1n) is 9.34. The lowest BCUT2D eigenvalue weighted by Gasteiger charge is -2.08. The van der Waals surface area contributed by atoms with E-state index in [1.54, 1.807) is 60.8 Å². The van der Waals surface area contributed by atoms with Gasteiger partial charge in [0.15, 0.2) is 0 Å². The SMILES string of the molecule is Cc1ccc(S(=O)(=O)n2cc(-c3ccc(CO)cc3)c3c(C(=N)N)cccc32)cc1. The molecule has 0 amide bonds. The Hall–Kier alpha value is -3.42. The van der Waals surface area contributed by atoms with E-state index in [1.807, 2.05) is 19.1 Å². The van der Waals surface area contributed by atoms with Gasteiger partial charge >= 0.3 is 0 Å². The van der Waals surface area contributed by atoms with E-state index in [2.05, 4.69) is 0 Å². The van der Waals surface area contributed by atoms with Crippen LogP contribution >= 0.6 is 0 Å². The minimum Gasteiger partial charge on any atom is -0.392 e. The topological polar surface area (TPSA) is 109 Å². The van der Waals surface area contributed by atoms with E-state index in [0.29, 0.717) is 22.0 Å². The number of aromatic nitrogens is 1. The summed E-state index contributed by atoms with van der Waals surface area (Å²) in [6.07, 6.45) is 1.57. The first-order valence-corrected chi connectivity index (χ1v) is 10.8. The lowest BCUT2D eigenvalue weighted by atomic mass is 9.99. The molecular formula is C23H21N3O3S. The molecule has 6 nitrogen and oxygen atoms in total. The van der Waals surface area contributed by atoms with Crippen molar-refractivity contribution in [3.63, 3.8) is 0 Å². The van der Waals surface area contributed by atoms with Crippen LogP contribution in [0.15, 0.2) is 77.8 Å². The van der Waals surface area contributed by atoms with Crippen LogP contribution in [0.1, 0.15) is 16.7 Å². The Kier molecular flexibility index (Phi) is 4.93. The van der Waals surface area contributed by atoms with Crippen LogP contribution in [0.3, 0.4) is 0 Å². The molecule has 0 aliphatic heterocycles. The molecule has 0 atom stereocenters. The molecule has 4 aromatic rings. The number of rotatable bonds is 5. The minimum absolute atomic E-state index is 0.0808. The number of aryl methyl sites for hydroxylation is 1. The Labute approximate surface area is 174 Å². The molecule has 0 aliphatic carbocycles. The van der Waals surface area contributed by atoms with Crippen molar-refractivity contribution >= 4 is 26.8 Å². The molecule has 1 heterocycles. The monoisotopic (exact) mass is 419 g/mol. The number of nitrogen functional groups attached to an aromatic ring is 1. The maximum Gasteiger partial charge on any atom is 0.268 e. The quantitative estimate of drug-likeness (QED) is 0.339. The van der Waals surface area contributed by atoms with E-state index in [4.69, 9.17) is 11.1 Å². The van der Waals surface area contributed by atoms with Gasteiger partial charge < -0.3 is 10.8 Å². The summed E-state index contributed by atoms with van der Waals surface area (Å²) >= 11 is 0. The standard InChI is InChI=1S/C23H21N3O3S/c1-15-5-11-18(12-6-15)30(28,29)26-13-20(17-9-7-16(14-27)8-10-17)22-19(23(24)25)3-2-4-21(22)26/h2-13,27H,14H2,1H3,(H3,24,25). The molecule has 0 radical (unpaired) electrons. The van der Waals surface area contributed by atoms with Gasteiger partial charge in [0.25, 0.3) is 10.0 Å². The van der Waals surface area contributed by atoms with E-state index in [0.717, 1.165) is 16.7 Å². The Morgan fingerprint density at radius 3 is 2.30 bits per heavy atom. The highest BCUT2D eigenvalue weighted by atomic mass is 32.2. The van der Waals surface area contributed by atoms with Crippen molar-refractivity contribution in [2.75, 3.05) is 0 Å². The number of nitrogens with two attached hydrogens (primary N) is 1. The molecule has 1 aromatic heterocycles. The molecule has 30 heavy (non-hydrogen) atoms. The summed E-state index contributed by atoms with van der Waals surface area (Å²) in [5.74, 6) is -0.140. The average Bonchev–Trinajstić information content (AvgIpc) is 3.14. The normalized spacial score (nSPS) is 11.7. The van der Waals surface area contributed by atoms with Gasteiger partial charge in [-0.15, -0.1) is 0 Å². The number of aliphatic hydroxyl groups excluding tert-OH is 1. The second kappa shape index (κ2) is 7.44. The van der Waals surface area contributed by atoms with E-state index >= 15 is 0 Å². The molecule has 4 rings (SSSR count). The highest BCUT2D eigenvalue weighted by Crippen LogP contribution is 2.35. The lowest BCUT2D eigenvalue weighted by Crippen LogP contribution is -2.13. The number of nitrogens with zero attached hydrogens (tertiary/aromatic N) is 1. The number of fused-ring (bicyclic) bond motifs is 1. The molecule has 152 valence electrons. The molecule has 0 aliphatic rings. The zero-order valence-electron chi connectivity index (χ0n) is 16.3. The molecule has 4 N–H and O–H groups in total. The van der Waals surface area contributed by atoms with Crippen LogP contribution in [-0.2, 0) is 16.6 Å². The fraction of sp³-hybridized carbons (Fsp3) is 0.0870. The van der Waals surface area contributed by atoms with Gasteiger partial charge in [0.1, 0.15) is 5.84 Å². The lowest BCUT2D eigenvalue weighted by molar-refractivity contribution is 0.282. The van der Waals surface area contributed by atoms with Crippen molar-refractivity contribution < 1.29 is 13.5 Å². The van der Waals surface area contributed by atoms with Crippen LogP contribution in [0.5, 0.6) is 0 Å². The van der Waals surface area contributed by atoms with Crippen molar-refractivity contribution in [1.29, 1.82) is 5.41 Å². The van der Waals surface area contributed by atoms with Crippen LogP contribution in [0, 0.1) is 12.3 Å². The van der Waals surface area contributed by atoms with Crippen molar-refractivity contribution in [2.45, 2.75) is 18.4 Å². The van der Waals surface area contributed by atoms with Crippen LogP contribution < -0.4 is 5.73 Å². The Bertz CT molecular complexity index is 1350. The predicted molar refractivity (Wildman–Crippen MR) is 118 cm³/mol. The van der Waals surface area contributed by atoms with Gasteiger partial charge in [0.2, 0.25) is 0 Å².